The van der Waals surface area contributed by atoms with E-state index in [0.29, 0.717) is 0 Å². The summed E-state index contributed by atoms with van der Waals surface area (Å²) in [6, 6.07) is 17.2. The molecule has 0 saturated carbocycles. The molecule has 3 aromatic carbocycles. The molecule has 1 aliphatic heterocycles. The average molecular weight is 472 g/mol. The molecule has 3 amide bonds. The van der Waals surface area contributed by atoms with Crippen LogP contribution in [0.3, 0.4) is 0 Å². The Kier molecular flexibility index (Phi) is 6.41. The lowest BCUT2D eigenvalue weighted by atomic mass is 10.0. The Morgan fingerprint density at radius 3 is 2.11 bits per heavy atom. The van der Waals surface area contributed by atoms with Gasteiger partial charge in [0.1, 0.15) is 0 Å². The van der Waals surface area contributed by atoms with E-state index in [-0.39, 0.29) is 40.0 Å². The number of rotatable bonds is 6. The second-order valence-electron chi connectivity index (χ2n) is 7.64. The zero-order chi connectivity index (χ0) is 25.1. The minimum atomic E-state index is -0.719. The molecule has 0 saturated heterocycles. The summed E-state index contributed by atoms with van der Waals surface area (Å²) in [4.78, 5) is 63.9. The third-order valence-corrected chi connectivity index (χ3v) is 5.51. The Balaban J connectivity index is 1.61. The van der Waals surface area contributed by atoms with Gasteiger partial charge in [-0.25, -0.2) is 9.59 Å². The highest BCUT2D eigenvalue weighted by Crippen LogP contribution is 2.27. The molecule has 3 aromatic rings. The summed E-state index contributed by atoms with van der Waals surface area (Å²) in [6.45, 7) is 0.109. The first-order valence-corrected chi connectivity index (χ1v) is 10.5. The van der Waals surface area contributed by atoms with E-state index < -0.39 is 29.7 Å². The molecule has 1 aliphatic rings. The molecule has 0 aromatic heterocycles. The molecule has 0 fully saturated rings. The van der Waals surface area contributed by atoms with Crippen molar-refractivity contribution >= 4 is 35.3 Å². The van der Waals surface area contributed by atoms with Crippen LogP contribution >= 0.6 is 0 Å². The van der Waals surface area contributed by atoms with Gasteiger partial charge in [0, 0.05) is 5.56 Å². The van der Waals surface area contributed by atoms with Gasteiger partial charge in [0.25, 0.3) is 17.7 Å². The Labute approximate surface area is 200 Å². The molecule has 0 atom stereocenters. The maximum absolute atomic E-state index is 13.0. The predicted octanol–water partition coefficient (Wildman–Crippen LogP) is 3.31. The highest BCUT2D eigenvalue weighted by Gasteiger charge is 2.36. The van der Waals surface area contributed by atoms with Crippen LogP contribution < -0.4 is 5.32 Å². The zero-order valence-corrected chi connectivity index (χ0v) is 18.9. The molecule has 35 heavy (non-hydrogen) atoms. The molecule has 176 valence electrons. The lowest BCUT2D eigenvalue weighted by Gasteiger charge is -2.13. The van der Waals surface area contributed by atoms with Gasteiger partial charge in [-0.05, 0) is 42.0 Å². The van der Waals surface area contributed by atoms with Crippen LogP contribution in [0.15, 0.2) is 66.7 Å². The van der Waals surface area contributed by atoms with Crippen LogP contribution in [-0.4, -0.2) is 48.8 Å². The molecule has 9 heteroatoms. The standard InChI is InChI=1S/C26H20N2O7/c1-34-25(32)17-9-11-19(26(33)35-2)21(13-17)27-22(29)16-8-10-18-20(12-16)24(31)28(23(18)30)14-15-6-4-3-5-7-15/h3-13H,14H2,1-2H3,(H,27,29). The number of nitrogens with zero attached hydrogens (tertiary/aromatic N) is 1. The van der Waals surface area contributed by atoms with Gasteiger partial charge in [0.15, 0.2) is 0 Å². The molecule has 4 rings (SSSR count). The fourth-order valence-corrected chi connectivity index (χ4v) is 3.72. The molecular formula is C26H20N2O7. The van der Waals surface area contributed by atoms with E-state index in [4.69, 9.17) is 9.47 Å². The van der Waals surface area contributed by atoms with E-state index in [1.54, 1.807) is 0 Å². The molecule has 1 N–H and O–H groups in total. The zero-order valence-electron chi connectivity index (χ0n) is 18.9. The number of methoxy groups -OCH3 is 2. The van der Waals surface area contributed by atoms with Crippen molar-refractivity contribution in [1.29, 1.82) is 0 Å². The summed E-state index contributed by atoms with van der Waals surface area (Å²) < 4.78 is 9.43. The van der Waals surface area contributed by atoms with E-state index in [0.717, 1.165) is 10.5 Å². The Bertz CT molecular complexity index is 1370. The highest BCUT2D eigenvalue weighted by atomic mass is 16.5. The number of imide groups is 1. The summed E-state index contributed by atoms with van der Waals surface area (Å²) in [5.74, 6) is -2.98. The molecule has 0 spiro atoms. The first-order chi connectivity index (χ1) is 16.8. The maximum atomic E-state index is 13.0. The third-order valence-electron chi connectivity index (χ3n) is 5.51. The van der Waals surface area contributed by atoms with Gasteiger partial charge in [0.2, 0.25) is 0 Å². The number of esters is 2. The van der Waals surface area contributed by atoms with Crippen LogP contribution in [0.4, 0.5) is 5.69 Å². The topological polar surface area (TPSA) is 119 Å². The lowest BCUT2D eigenvalue weighted by molar-refractivity contribution is 0.0587. The monoisotopic (exact) mass is 472 g/mol. The van der Waals surface area contributed by atoms with Crippen LogP contribution in [-0.2, 0) is 16.0 Å². The van der Waals surface area contributed by atoms with Gasteiger partial charge in [-0.2, -0.15) is 0 Å². The van der Waals surface area contributed by atoms with E-state index in [1.165, 1.54) is 50.6 Å². The van der Waals surface area contributed by atoms with E-state index in [9.17, 15) is 24.0 Å². The molecule has 9 nitrogen and oxygen atoms in total. The smallest absolute Gasteiger partial charge is 0.339 e. The van der Waals surface area contributed by atoms with Crippen molar-refractivity contribution in [3.05, 3.63) is 100 Å². The number of hydrogen-bond acceptors (Lipinski definition) is 7. The number of carbonyl (C=O) groups is 5. The Morgan fingerprint density at radius 2 is 1.43 bits per heavy atom. The van der Waals surface area contributed by atoms with E-state index >= 15 is 0 Å². The minimum Gasteiger partial charge on any atom is -0.465 e. The van der Waals surface area contributed by atoms with Gasteiger partial charge in [-0.3, -0.25) is 19.3 Å². The van der Waals surface area contributed by atoms with Crippen molar-refractivity contribution in [3.8, 4) is 0 Å². The second-order valence-corrected chi connectivity index (χ2v) is 7.64. The SMILES string of the molecule is COC(=O)c1ccc(C(=O)OC)c(NC(=O)c2ccc3c(c2)C(=O)N(Cc2ccccc2)C3=O)c1. The quantitative estimate of drug-likeness (QED) is 0.432. The van der Waals surface area contributed by atoms with Gasteiger partial charge in [0.05, 0.1) is 48.7 Å². The highest BCUT2D eigenvalue weighted by molar-refractivity contribution is 6.22. The number of hydrogen-bond donors (Lipinski definition) is 1. The number of ether oxygens (including phenoxy) is 2. The Hall–Kier alpha value is -4.79. The van der Waals surface area contributed by atoms with Crippen LogP contribution in [0.5, 0.6) is 0 Å². The van der Waals surface area contributed by atoms with Crippen LogP contribution in [0, 0.1) is 0 Å². The summed E-state index contributed by atoms with van der Waals surface area (Å²) >= 11 is 0. The van der Waals surface area contributed by atoms with Crippen molar-refractivity contribution < 1.29 is 33.4 Å². The fraction of sp³-hybridized carbons (Fsp3) is 0.115. The summed E-state index contributed by atoms with van der Waals surface area (Å²) in [6.07, 6.45) is 0. The average Bonchev–Trinajstić information content (AvgIpc) is 3.12. The van der Waals surface area contributed by atoms with Crippen molar-refractivity contribution in [2.45, 2.75) is 6.54 Å². The largest absolute Gasteiger partial charge is 0.465 e. The molecule has 1 heterocycles. The number of fused-ring (bicyclic) bond motifs is 1. The number of benzene rings is 3. The fourth-order valence-electron chi connectivity index (χ4n) is 3.72. The van der Waals surface area contributed by atoms with Gasteiger partial charge >= 0.3 is 11.9 Å². The first-order valence-electron chi connectivity index (χ1n) is 10.5. The Morgan fingerprint density at radius 1 is 0.771 bits per heavy atom. The van der Waals surface area contributed by atoms with Crippen LogP contribution in [0.1, 0.15) is 57.4 Å². The number of nitrogens with one attached hydrogen (secondary N) is 1. The number of carbonyl (C=O) groups excluding carboxylic acids is 5. The van der Waals surface area contributed by atoms with Crippen LogP contribution in [0.25, 0.3) is 0 Å². The first kappa shape index (κ1) is 23.4. The number of anilines is 1. The molecule has 0 aliphatic carbocycles. The van der Waals surface area contributed by atoms with Gasteiger partial charge < -0.3 is 14.8 Å². The molecule has 0 radical (unpaired) electrons. The maximum Gasteiger partial charge on any atom is 0.339 e. The lowest BCUT2D eigenvalue weighted by Crippen LogP contribution is -2.29. The normalized spacial score (nSPS) is 12.2. The summed E-state index contributed by atoms with van der Waals surface area (Å²) in [5.41, 5.74) is 1.35. The third kappa shape index (κ3) is 4.51. The summed E-state index contributed by atoms with van der Waals surface area (Å²) in [7, 11) is 2.39. The van der Waals surface area contributed by atoms with E-state index in [2.05, 4.69) is 5.32 Å². The van der Waals surface area contributed by atoms with Crippen molar-refractivity contribution in [2.24, 2.45) is 0 Å². The number of amides is 3. The van der Waals surface area contributed by atoms with Crippen molar-refractivity contribution in [2.75, 3.05) is 19.5 Å². The van der Waals surface area contributed by atoms with E-state index in [1.807, 2.05) is 30.3 Å². The second kappa shape index (κ2) is 9.60. The minimum absolute atomic E-state index is 0.0231. The predicted molar refractivity (Wildman–Crippen MR) is 124 cm³/mol. The molecule has 0 bridgehead atoms. The van der Waals surface area contributed by atoms with Gasteiger partial charge in [-0.1, -0.05) is 30.3 Å². The molecule has 0 unspecified atom stereocenters. The summed E-state index contributed by atoms with van der Waals surface area (Å²) in [5, 5.41) is 2.57. The molecular weight excluding hydrogens is 452 g/mol. The van der Waals surface area contributed by atoms with Crippen molar-refractivity contribution in [1.82, 2.24) is 4.90 Å². The van der Waals surface area contributed by atoms with Crippen molar-refractivity contribution in [3.63, 3.8) is 0 Å². The van der Waals surface area contributed by atoms with Crippen LogP contribution in [0.2, 0.25) is 0 Å². The van der Waals surface area contributed by atoms with Gasteiger partial charge in [-0.15, -0.1) is 0 Å².